The molecule has 1 N–H and O–H groups in total. The van der Waals surface area contributed by atoms with Crippen LogP contribution in [0, 0.1) is 0 Å². The minimum atomic E-state index is -0.718. The molecule has 0 atom stereocenters. The summed E-state index contributed by atoms with van der Waals surface area (Å²) < 4.78 is 20.0. The number of ether oxygens (including phenoxy) is 3. The smallest absolute Gasteiger partial charge is 0.413 e. The number of aromatic nitrogens is 1. The summed E-state index contributed by atoms with van der Waals surface area (Å²) >= 11 is 1.35. The molecule has 1 aliphatic carbocycles. The fourth-order valence-electron chi connectivity index (χ4n) is 2.96. The lowest BCUT2D eigenvalue weighted by Crippen LogP contribution is -2.19. The van der Waals surface area contributed by atoms with Crippen LogP contribution in [0.15, 0.2) is 36.4 Å². The number of hydrogen-bond donors (Lipinski definition) is 1. The Morgan fingerprint density at radius 1 is 1.15 bits per heavy atom. The van der Waals surface area contributed by atoms with Gasteiger partial charge in [-0.1, -0.05) is 24.3 Å². The molecule has 0 saturated heterocycles. The molecule has 0 fully saturated rings. The SMILES string of the molecule is COCOCOC(=O)Nc1cccc2c1C(=O)c1cccc3snc-2c13. The molecule has 0 bridgehead atoms. The Morgan fingerprint density at radius 2 is 1.96 bits per heavy atom. The van der Waals surface area contributed by atoms with Gasteiger partial charge in [0.2, 0.25) is 0 Å². The topological polar surface area (TPSA) is 86.8 Å². The number of fused-ring (bicyclic) bond motifs is 2. The van der Waals surface area contributed by atoms with E-state index in [2.05, 4.69) is 9.69 Å². The van der Waals surface area contributed by atoms with Gasteiger partial charge in [0.05, 0.1) is 21.6 Å². The summed E-state index contributed by atoms with van der Waals surface area (Å²) in [5, 5.41) is 3.47. The lowest BCUT2D eigenvalue weighted by atomic mass is 9.86. The first-order valence-electron chi connectivity index (χ1n) is 7.77. The highest BCUT2D eigenvalue weighted by molar-refractivity contribution is 7.13. The molecular formula is C18H14N2O5S. The Hall–Kier alpha value is -2.81. The maximum atomic E-state index is 13.0. The van der Waals surface area contributed by atoms with Crippen molar-refractivity contribution in [1.82, 2.24) is 4.37 Å². The van der Waals surface area contributed by atoms with Gasteiger partial charge in [0.1, 0.15) is 6.79 Å². The van der Waals surface area contributed by atoms with E-state index in [0.717, 1.165) is 15.8 Å². The first-order chi connectivity index (χ1) is 12.7. The van der Waals surface area contributed by atoms with E-state index < -0.39 is 6.09 Å². The molecule has 132 valence electrons. The lowest BCUT2D eigenvalue weighted by molar-refractivity contribution is -0.0941. The molecule has 2 aromatic carbocycles. The highest BCUT2D eigenvalue weighted by Gasteiger charge is 2.30. The van der Waals surface area contributed by atoms with E-state index in [0.29, 0.717) is 22.4 Å². The molecule has 0 saturated carbocycles. The van der Waals surface area contributed by atoms with Gasteiger partial charge >= 0.3 is 6.09 Å². The van der Waals surface area contributed by atoms with Crippen molar-refractivity contribution >= 4 is 39.2 Å². The molecule has 0 unspecified atom stereocenters. The normalized spacial score (nSPS) is 12.1. The number of nitrogens with one attached hydrogen (secondary N) is 1. The number of methoxy groups -OCH3 is 1. The van der Waals surface area contributed by atoms with Gasteiger partial charge in [-0.15, -0.1) is 0 Å². The number of amides is 1. The minimum absolute atomic E-state index is 0.0170. The molecule has 0 aliphatic heterocycles. The molecule has 7 nitrogen and oxygen atoms in total. The van der Waals surface area contributed by atoms with Crippen LogP contribution < -0.4 is 5.32 Å². The quantitative estimate of drug-likeness (QED) is 0.426. The monoisotopic (exact) mass is 370 g/mol. The third kappa shape index (κ3) is 2.74. The third-order valence-electron chi connectivity index (χ3n) is 4.00. The van der Waals surface area contributed by atoms with Gasteiger partial charge < -0.3 is 14.2 Å². The highest BCUT2D eigenvalue weighted by Crippen LogP contribution is 2.42. The Morgan fingerprint density at radius 3 is 2.81 bits per heavy atom. The van der Waals surface area contributed by atoms with Crippen LogP contribution in [-0.4, -0.2) is 36.9 Å². The number of ketones is 1. The molecular weight excluding hydrogens is 356 g/mol. The summed E-state index contributed by atoms with van der Waals surface area (Å²) in [4.78, 5) is 25.0. The number of nitrogens with zero attached hydrogens (tertiary/aromatic N) is 1. The van der Waals surface area contributed by atoms with Crippen molar-refractivity contribution in [2.75, 3.05) is 26.0 Å². The Balaban J connectivity index is 1.67. The van der Waals surface area contributed by atoms with Gasteiger partial charge in [0.25, 0.3) is 0 Å². The number of carbonyl (C=O) groups excluding carboxylic acids is 2. The van der Waals surface area contributed by atoms with Crippen molar-refractivity contribution in [3.05, 3.63) is 47.5 Å². The molecule has 8 heteroatoms. The van der Waals surface area contributed by atoms with Crippen LogP contribution >= 0.6 is 11.5 Å². The molecule has 26 heavy (non-hydrogen) atoms. The number of hydrogen-bond acceptors (Lipinski definition) is 7. The second-order valence-electron chi connectivity index (χ2n) is 5.55. The van der Waals surface area contributed by atoms with Crippen LogP contribution in [0.4, 0.5) is 10.5 Å². The van der Waals surface area contributed by atoms with E-state index in [1.165, 1.54) is 18.6 Å². The van der Waals surface area contributed by atoms with Crippen molar-refractivity contribution < 1.29 is 23.8 Å². The summed E-state index contributed by atoms with van der Waals surface area (Å²) in [5.41, 5.74) is 2.84. The van der Waals surface area contributed by atoms with Gasteiger partial charge in [0, 0.05) is 23.6 Å². The zero-order chi connectivity index (χ0) is 18.1. The van der Waals surface area contributed by atoms with Crippen molar-refractivity contribution in [2.45, 2.75) is 0 Å². The number of rotatable bonds is 5. The first-order valence-corrected chi connectivity index (χ1v) is 8.55. The number of carbonyl (C=O) groups is 2. The predicted molar refractivity (Wildman–Crippen MR) is 96.4 cm³/mol. The van der Waals surface area contributed by atoms with Crippen molar-refractivity contribution in [2.24, 2.45) is 0 Å². The standard InChI is InChI=1S/C18H14N2O5S/c1-23-8-24-9-25-18(22)19-12-6-2-4-10-14(12)17(21)11-5-3-7-13-15(11)16(10)20-26-13/h2-7H,8-9H2,1H3,(H,19,22). The predicted octanol–water partition coefficient (Wildman–Crippen LogP) is 3.63. The lowest BCUT2D eigenvalue weighted by Gasteiger charge is -2.18. The molecule has 1 heterocycles. The Kier molecular flexibility index (Phi) is 4.37. The van der Waals surface area contributed by atoms with Gasteiger partial charge in [-0.05, 0) is 23.7 Å². The van der Waals surface area contributed by atoms with Crippen molar-refractivity contribution in [3.63, 3.8) is 0 Å². The van der Waals surface area contributed by atoms with E-state index >= 15 is 0 Å². The van der Waals surface area contributed by atoms with E-state index in [4.69, 9.17) is 14.2 Å². The van der Waals surface area contributed by atoms with E-state index in [1.807, 2.05) is 18.2 Å². The van der Waals surface area contributed by atoms with E-state index in [9.17, 15) is 9.59 Å². The van der Waals surface area contributed by atoms with Crippen molar-refractivity contribution in [1.29, 1.82) is 0 Å². The maximum Gasteiger partial charge on any atom is 0.413 e. The van der Waals surface area contributed by atoms with Crippen LogP contribution in [0.2, 0.25) is 0 Å². The average Bonchev–Trinajstić information content (AvgIpc) is 3.08. The molecule has 0 radical (unpaired) electrons. The molecule has 1 amide bonds. The largest absolute Gasteiger partial charge is 0.422 e. The van der Waals surface area contributed by atoms with Gasteiger partial charge in [-0.2, -0.15) is 4.37 Å². The second-order valence-corrected chi connectivity index (χ2v) is 6.36. The summed E-state index contributed by atoms with van der Waals surface area (Å²) in [6.45, 7) is -0.235. The van der Waals surface area contributed by atoms with Gasteiger partial charge in [-0.3, -0.25) is 10.1 Å². The average molecular weight is 370 g/mol. The van der Waals surface area contributed by atoms with Crippen molar-refractivity contribution in [3.8, 4) is 11.3 Å². The van der Waals surface area contributed by atoms with E-state index in [-0.39, 0.29) is 19.4 Å². The number of anilines is 1. The maximum absolute atomic E-state index is 13.0. The molecule has 1 aliphatic rings. The summed E-state index contributed by atoms with van der Waals surface area (Å²) in [6, 6.07) is 10.8. The summed E-state index contributed by atoms with van der Waals surface area (Å²) in [7, 11) is 1.47. The minimum Gasteiger partial charge on any atom is -0.422 e. The fourth-order valence-corrected chi connectivity index (χ4v) is 3.77. The number of benzene rings is 2. The van der Waals surface area contributed by atoms with Crippen LogP contribution in [-0.2, 0) is 14.2 Å². The third-order valence-corrected chi connectivity index (χ3v) is 4.81. The second kappa shape index (κ2) is 6.83. The zero-order valence-corrected chi connectivity index (χ0v) is 14.6. The van der Waals surface area contributed by atoms with Crippen LogP contribution in [0.3, 0.4) is 0 Å². The van der Waals surface area contributed by atoms with Crippen LogP contribution in [0.1, 0.15) is 15.9 Å². The Bertz CT molecular complexity index is 1010. The molecule has 1 aromatic heterocycles. The summed E-state index contributed by atoms with van der Waals surface area (Å²) in [5.74, 6) is -0.148. The zero-order valence-electron chi connectivity index (χ0n) is 13.8. The van der Waals surface area contributed by atoms with Gasteiger partial charge in [-0.25, -0.2) is 4.79 Å². The van der Waals surface area contributed by atoms with Crippen LogP contribution in [0.25, 0.3) is 21.3 Å². The summed E-state index contributed by atoms with van der Waals surface area (Å²) in [6.07, 6.45) is -0.718. The molecule has 3 aromatic rings. The molecule has 4 rings (SSSR count). The van der Waals surface area contributed by atoms with E-state index in [1.54, 1.807) is 18.2 Å². The van der Waals surface area contributed by atoms with Crippen LogP contribution in [0.5, 0.6) is 0 Å². The first kappa shape index (κ1) is 16.6. The fraction of sp³-hybridized carbons (Fsp3) is 0.167. The molecule has 0 spiro atoms. The Labute approximate surface area is 152 Å². The highest BCUT2D eigenvalue weighted by atomic mass is 32.1. The van der Waals surface area contributed by atoms with Gasteiger partial charge in [0.15, 0.2) is 12.6 Å².